The summed E-state index contributed by atoms with van der Waals surface area (Å²) in [5.74, 6) is 1.73. The highest BCUT2D eigenvalue weighted by Crippen LogP contribution is 2.25. The van der Waals surface area contributed by atoms with Crippen LogP contribution in [0.25, 0.3) is 5.52 Å². The van der Waals surface area contributed by atoms with Crippen LogP contribution in [-0.2, 0) is 6.42 Å². The molecule has 0 radical (unpaired) electrons. The molecular weight excluding hydrogens is 289 g/mol. The van der Waals surface area contributed by atoms with Gasteiger partial charge in [0, 0.05) is 6.42 Å². The van der Waals surface area contributed by atoms with Gasteiger partial charge in [-0.15, -0.1) is 0 Å². The zero-order valence-electron chi connectivity index (χ0n) is 8.58. The van der Waals surface area contributed by atoms with Crippen molar-refractivity contribution in [2.75, 3.05) is 13.1 Å². The Bertz CT molecular complexity index is 533. The average molecular weight is 301 g/mol. The first kappa shape index (κ1) is 10.6. The van der Waals surface area contributed by atoms with Crippen molar-refractivity contribution >= 4 is 33.0 Å². The molecule has 2 aromatic rings. The third-order valence-corrected chi connectivity index (χ3v) is 3.87. The predicted octanol–water partition coefficient (Wildman–Crippen LogP) is 2.51. The van der Waals surface area contributed by atoms with E-state index in [2.05, 4.69) is 30.6 Å². The number of aromatic nitrogens is 2. The molecule has 0 amide bonds. The summed E-state index contributed by atoms with van der Waals surface area (Å²) in [6.45, 7) is 2.16. The maximum atomic E-state index is 6.13. The zero-order chi connectivity index (χ0) is 11.1. The van der Waals surface area contributed by atoms with Gasteiger partial charge in [0.2, 0.25) is 0 Å². The van der Waals surface area contributed by atoms with E-state index in [0.29, 0.717) is 11.1 Å². The third kappa shape index (κ3) is 1.65. The predicted molar refractivity (Wildman–Crippen MR) is 68.0 cm³/mol. The fourth-order valence-corrected chi connectivity index (χ4v) is 2.81. The number of pyridine rings is 1. The molecule has 1 fully saturated rings. The minimum absolute atomic E-state index is 0.587. The number of fused-ring (bicyclic) bond motifs is 1. The SMILES string of the molecule is Clc1nc(CC2CNC2)n2c(Br)cccc12. The van der Waals surface area contributed by atoms with Crippen molar-refractivity contribution in [2.24, 2.45) is 5.92 Å². The standard InChI is InChI=1S/C11H11BrClN3/c12-9-3-1-2-8-11(13)15-10(16(8)9)4-7-5-14-6-7/h1-3,7,14H,4-6H2. The van der Waals surface area contributed by atoms with E-state index in [9.17, 15) is 0 Å². The smallest absolute Gasteiger partial charge is 0.155 e. The molecule has 3 nitrogen and oxygen atoms in total. The second-order valence-corrected chi connectivity index (χ2v) is 5.29. The maximum Gasteiger partial charge on any atom is 0.155 e. The van der Waals surface area contributed by atoms with Crippen LogP contribution in [0.15, 0.2) is 22.8 Å². The first-order valence-electron chi connectivity index (χ1n) is 5.28. The molecule has 0 unspecified atom stereocenters. The molecule has 3 rings (SSSR count). The van der Waals surface area contributed by atoms with Crippen LogP contribution in [0.1, 0.15) is 5.82 Å². The molecule has 0 bridgehead atoms. The highest BCUT2D eigenvalue weighted by Gasteiger charge is 2.21. The fraction of sp³-hybridized carbons (Fsp3) is 0.364. The van der Waals surface area contributed by atoms with Gasteiger partial charge in [-0.05, 0) is 47.1 Å². The van der Waals surface area contributed by atoms with Gasteiger partial charge in [0.1, 0.15) is 5.82 Å². The molecule has 2 aromatic heterocycles. The number of rotatable bonds is 2. The lowest BCUT2D eigenvalue weighted by atomic mass is 9.99. The quantitative estimate of drug-likeness (QED) is 0.864. The Labute approximate surface area is 107 Å². The summed E-state index contributed by atoms with van der Waals surface area (Å²) in [5.41, 5.74) is 0.971. The van der Waals surface area contributed by atoms with Crippen molar-refractivity contribution in [3.8, 4) is 0 Å². The fourth-order valence-electron chi connectivity index (χ4n) is 2.01. The van der Waals surface area contributed by atoms with Crippen LogP contribution in [0, 0.1) is 5.92 Å². The third-order valence-electron chi connectivity index (χ3n) is 2.98. The Morgan fingerprint density at radius 3 is 3.00 bits per heavy atom. The minimum Gasteiger partial charge on any atom is -0.316 e. The molecule has 1 saturated heterocycles. The average Bonchev–Trinajstić information content (AvgIpc) is 2.52. The molecule has 0 aromatic carbocycles. The largest absolute Gasteiger partial charge is 0.316 e. The van der Waals surface area contributed by atoms with Crippen molar-refractivity contribution in [1.82, 2.24) is 14.7 Å². The number of nitrogens with zero attached hydrogens (tertiary/aromatic N) is 2. The molecule has 0 atom stereocenters. The van der Waals surface area contributed by atoms with Crippen LogP contribution in [0.3, 0.4) is 0 Å². The van der Waals surface area contributed by atoms with Crippen LogP contribution < -0.4 is 5.32 Å². The molecule has 3 heterocycles. The van der Waals surface area contributed by atoms with E-state index in [1.807, 2.05) is 18.2 Å². The highest BCUT2D eigenvalue weighted by atomic mass is 79.9. The van der Waals surface area contributed by atoms with Gasteiger partial charge in [0.25, 0.3) is 0 Å². The van der Waals surface area contributed by atoms with Gasteiger partial charge in [-0.25, -0.2) is 4.98 Å². The molecule has 84 valence electrons. The van der Waals surface area contributed by atoms with E-state index in [1.165, 1.54) is 0 Å². The number of hydrogen-bond donors (Lipinski definition) is 1. The van der Waals surface area contributed by atoms with Crippen molar-refractivity contribution in [3.63, 3.8) is 0 Å². The normalized spacial score (nSPS) is 16.6. The number of halogens is 2. The lowest BCUT2D eigenvalue weighted by Crippen LogP contribution is -2.43. The molecule has 5 heteroatoms. The second kappa shape index (κ2) is 4.02. The molecule has 1 aliphatic heterocycles. The Kier molecular flexibility index (Phi) is 2.65. The highest BCUT2D eigenvalue weighted by molar-refractivity contribution is 9.10. The summed E-state index contributed by atoms with van der Waals surface area (Å²) in [5, 5.41) is 3.86. The summed E-state index contributed by atoms with van der Waals surface area (Å²) in [4.78, 5) is 4.44. The molecular formula is C11H11BrClN3. The Morgan fingerprint density at radius 2 is 2.31 bits per heavy atom. The minimum atomic E-state index is 0.587. The van der Waals surface area contributed by atoms with Crippen molar-refractivity contribution < 1.29 is 0 Å². The summed E-state index contributed by atoms with van der Waals surface area (Å²) in [6.07, 6.45) is 0.976. The van der Waals surface area contributed by atoms with Crippen LogP contribution in [0.5, 0.6) is 0 Å². The topological polar surface area (TPSA) is 29.3 Å². The van der Waals surface area contributed by atoms with Gasteiger partial charge < -0.3 is 5.32 Å². The van der Waals surface area contributed by atoms with Crippen LogP contribution in [0.4, 0.5) is 0 Å². The molecule has 0 spiro atoms. The monoisotopic (exact) mass is 299 g/mol. The molecule has 0 saturated carbocycles. The Hall–Kier alpha value is -0.580. The first-order chi connectivity index (χ1) is 7.75. The summed E-state index contributed by atoms with van der Waals surface area (Å²) in [6, 6.07) is 5.97. The van der Waals surface area contributed by atoms with Crippen molar-refractivity contribution in [1.29, 1.82) is 0 Å². The Morgan fingerprint density at radius 1 is 1.50 bits per heavy atom. The van der Waals surface area contributed by atoms with Gasteiger partial charge in [-0.3, -0.25) is 4.40 Å². The molecule has 1 aliphatic rings. The number of hydrogen-bond acceptors (Lipinski definition) is 2. The van der Waals surface area contributed by atoms with E-state index in [-0.39, 0.29) is 0 Å². The van der Waals surface area contributed by atoms with Crippen LogP contribution in [0.2, 0.25) is 5.15 Å². The van der Waals surface area contributed by atoms with Gasteiger partial charge in [-0.2, -0.15) is 0 Å². The molecule has 16 heavy (non-hydrogen) atoms. The summed E-state index contributed by atoms with van der Waals surface area (Å²) in [7, 11) is 0. The molecule has 0 aliphatic carbocycles. The van der Waals surface area contributed by atoms with E-state index < -0.39 is 0 Å². The zero-order valence-corrected chi connectivity index (χ0v) is 10.9. The maximum absolute atomic E-state index is 6.13. The van der Waals surface area contributed by atoms with E-state index in [1.54, 1.807) is 0 Å². The first-order valence-corrected chi connectivity index (χ1v) is 6.45. The summed E-state index contributed by atoms with van der Waals surface area (Å²) < 4.78 is 3.09. The van der Waals surface area contributed by atoms with Crippen LogP contribution in [-0.4, -0.2) is 22.5 Å². The lowest BCUT2D eigenvalue weighted by molar-refractivity contribution is 0.340. The molecule has 1 N–H and O–H groups in total. The van der Waals surface area contributed by atoms with Gasteiger partial charge in [-0.1, -0.05) is 17.7 Å². The van der Waals surface area contributed by atoms with E-state index in [4.69, 9.17) is 11.6 Å². The number of nitrogens with one attached hydrogen (secondary N) is 1. The lowest BCUT2D eigenvalue weighted by Gasteiger charge is -2.26. The van der Waals surface area contributed by atoms with Gasteiger partial charge >= 0.3 is 0 Å². The summed E-state index contributed by atoms with van der Waals surface area (Å²) >= 11 is 9.67. The van der Waals surface area contributed by atoms with Gasteiger partial charge in [0.05, 0.1) is 10.1 Å². The number of imidazole rings is 1. The van der Waals surface area contributed by atoms with Crippen molar-refractivity contribution in [2.45, 2.75) is 6.42 Å². The second-order valence-electron chi connectivity index (χ2n) is 4.12. The van der Waals surface area contributed by atoms with Gasteiger partial charge in [0.15, 0.2) is 5.15 Å². The van der Waals surface area contributed by atoms with E-state index >= 15 is 0 Å². The van der Waals surface area contributed by atoms with Crippen LogP contribution >= 0.6 is 27.5 Å². The van der Waals surface area contributed by atoms with E-state index in [0.717, 1.165) is 35.5 Å². The van der Waals surface area contributed by atoms with Crippen molar-refractivity contribution in [3.05, 3.63) is 33.8 Å². The Balaban J connectivity index is 2.09.